The van der Waals surface area contributed by atoms with Crippen LogP contribution in [0.3, 0.4) is 0 Å². The Bertz CT molecular complexity index is 952. The molecule has 152 valence electrons. The van der Waals surface area contributed by atoms with Crippen molar-refractivity contribution in [1.29, 1.82) is 0 Å². The lowest BCUT2D eigenvalue weighted by Gasteiger charge is -2.32. The first-order chi connectivity index (χ1) is 14.0. The third-order valence-electron chi connectivity index (χ3n) is 5.58. The monoisotopic (exact) mass is 406 g/mol. The number of aliphatic hydroxyl groups is 1. The van der Waals surface area contributed by atoms with Crippen LogP contribution in [0, 0.1) is 13.8 Å². The summed E-state index contributed by atoms with van der Waals surface area (Å²) in [6.07, 6.45) is 0.995. The van der Waals surface area contributed by atoms with E-state index in [4.69, 9.17) is 4.74 Å². The van der Waals surface area contributed by atoms with E-state index in [1.807, 2.05) is 18.2 Å². The Morgan fingerprint density at radius 2 is 1.72 bits per heavy atom. The van der Waals surface area contributed by atoms with Crippen molar-refractivity contribution in [3.05, 3.63) is 94.5 Å². The van der Waals surface area contributed by atoms with Gasteiger partial charge in [-0.05, 0) is 42.3 Å². The summed E-state index contributed by atoms with van der Waals surface area (Å²) >= 11 is 0. The predicted octanol–water partition coefficient (Wildman–Crippen LogP) is 6.00. The molecule has 0 fully saturated rings. The van der Waals surface area contributed by atoms with Crippen molar-refractivity contribution in [3.63, 3.8) is 0 Å². The van der Waals surface area contributed by atoms with Gasteiger partial charge in [0.15, 0.2) is 0 Å². The van der Waals surface area contributed by atoms with Crippen LogP contribution in [0.25, 0.3) is 0 Å². The number of hydrogen-bond acceptors (Lipinski definition) is 2. The molecule has 3 aromatic rings. The second kappa shape index (κ2) is 9.57. The summed E-state index contributed by atoms with van der Waals surface area (Å²) in [4.78, 5) is 0. The van der Waals surface area contributed by atoms with Crippen molar-refractivity contribution in [2.45, 2.75) is 52.5 Å². The van der Waals surface area contributed by atoms with E-state index in [-0.39, 0.29) is 11.8 Å². The Balaban J connectivity index is 1.95. The second-order valence-electron chi connectivity index (χ2n) is 7.86. The molecule has 0 bridgehead atoms. The van der Waals surface area contributed by atoms with Gasteiger partial charge >= 0.3 is 0 Å². The van der Waals surface area contributed by atoms with E-state index in [0.29, 0.717) is 15.2 Å². The Morgan fingerprint density at radius 1 is 0.966 bits per heavy atom. The molecule has 3 aromatic carbocycles. The molecule has 0 aliphatic carbocycles. The maximum Gasteiger partial charge on any atom is 0.126 e. The summed E-state index contributed by atoms with van der Waals surface area (Å²) in [6.45, 7) is 9.39. The summed E-state index contributed by atoms with van der Waals surface area (Å²) in [6, 6.07) is 23.2. The summed E-state index contributed by atoms with van der Waals surface area (Å²) in [7, 11) is 0.552. The van der Waals surface area contributed by atoms with Gasteiger partial charge in [0.1, 0.15) is 12.4 Å². The lowest BCUT2D eigenvalue weighted by Crippen LogP contribution is -2.21. The van der Waals surface area contributed by atoms with Crippen molar-refractivity contribution in [2.75, 3.05) is 0 Å². The van der Waals surface area contributed by atoms with Gasteiger partial charge in [-0.3, -0.25) is 0 Å². The molecule has 0 aromatic heterocycles. The predicted molar refractivity (Wildman–Crippen MR) is 125 cm³/mol. The van der Waals surface area contributed by atoms with Gasteiger partial charge in [-0.25, -0.2) is 0 Å². The van der Waals surface area contributed by atoms with Crippen LogP contribution in [0.4, 0.5) is 0 Å². The Hall–Kier alpha value is -2.15. The van der Waals surface area contributed by atoms with Crippen LogP contribution in [0.15, 0.2) is 66.7 Å². The molecule has 0 aliphatic heterocycles. The molecule has 0 saturated carbocycles. The van der Waals surface area contributed by atoms with Gasteiger partial charge < -0.3 is 9.84 Å². The minimum atomic E-state index is -0.0583. The van der Waals surface area contributed by atoms with Crippen LogP contribution in [0.5, 0.6) is 5.75 Å². The van der Waals surface area contributed by atoms with E-state index in [1.54, 1.807) is 0 Å². The molecule has 0 heterocycles. The largest absolute Gasteiger partial charge is 0.488 e. The second-order valence-corrected chi connectivity index (χ2v) is 9.75. The van der Waals surface area contributed by atoms with Crippen molar-refractivity contribution in [3.8, 4) is 5.75 Å². The fourth-order valence-corrected chi connectivity index (χ4v) is 5.21. The molecule has 2 nitrogen and oxygen atoms in total. The molecule has 0 radical (unpaired) electrons. The highest BCUT2D eigenvalue weighted by Gasteiger charge is 2.30. The van der Waals surface area contributed by atoms with E-state index in [0.717, 1.165) is 23.3 Å². The first-order valence-corrected chi connectivity index (χ1v) is 11.2. The molecule has 2 unspecified atom stereocenters. The minimum Gasteiger partial charge on any atom is -0.488 e. The van der Waals surface area contributed by atoms with Crippen molar-refractivity contribution in [1.82, 2.24) is 0 Å². The zero-order valence-corrected chi connectivity index (χ0v) is 18.8. The molecule has 2 atom stereocenters. The minimum absolute atomic E-state index is 0.0583. The first kappa shape index (κ1) is 21.6. The van der Waals surface area contributed by atoms with Crippen molar-refractivity contribution < 1.29 is 9.84 Å². The molecule has 3 heteroatoms. The summed E-state index contributed by atoms with van der Waals surface area (Å²) < 4.78 is 6.37. The van der Waals surface area contributed by atoms with E-state index in [1.165, 1.54) is 22.0 Å². The molecule has 1 N–H and O–H groups in total. The number of benzene rings is 3. The number of para-hydroxylation sites is 1. The third-order valence-corrected chi connectivity index (χ3v) is 7.51. The maximum atomic E-state index is 9.87. The van der Waals surface area contributed by atoms with E-state index < -0.39 is 0 Å². The zero-order valence-electron chi connectivity index (χ0n) is 17.8. The van der Waals surface area contributed by atoms with Crippen molar-refractivity contribution in [2.24, 2.45) is 0 Å². The normalized spacial score (nSPS) is 13.6. The van der Waals surface area contributed by atoms with Gasteiger partial charge in [0.05, 0.1) is 6.61 Å². The SMILES string of the molecule is CCC(C)(Pc1ccc(C)cc1CO)c1cccc(C)c1OCc1ccccc1. The van der Waals surface area contributed by atoms with Crippen LogP contribution in [-0.2, 0) is 18.4 Å². The molecule has 3 rings (SSSR count). The van der Waals surface area contributed by atoms with Crippen LogP contribution in [-0.4, -0.2) is 5.11 Å². The highest BCUT2D eigenvalue weighted by Crippen LogP contribution is 2.48. The highest BCUT2D eigenvalue weighted by molar-refractivity contribution is 7.48. The van der Waals surface area contributed by atoms with Gasteiger partial charge in [-0.15, -0.1) is 0 Å². The molecular formula is C26H31O2P. The fourth-order valence-electron chi connectivity index (χ4n) is 3.63. The van der Waals surface area contributed by atoms with Gasteiger partial charge in [-0.1, -0.05) is 94.7 Å². The lowest BCUT2D eigenvalue weighted by molar-refractivity contribution is 0.283. The van der Waals surface area contributed by atoms with Gasteiger partial charge in [0, 0.05) is 10.7 Å². The number of ether oxygens (including phenoxy) is 1. The average molecular weight is 407 g/mol. The number of aliphatic hydroxyl groups excluding tert-OH is 1. The lowest BCUT2D eigenvalue weighted by atomic mass is 9.94. The Kier molecular flexibility index (Phi) is 7.11. The third kappa shape index (κ3) is 5.07. The average Bonchev–Trinajstić information content (AvgIpc) is 2.74. The highest BCUT2D eigenvalue weighted by atomic mass is 31.1. The fraction of sp³-hybridized carbons (Fsp3) is 0.308. The summed E-state index contributed by atoms with van der Waals surface area (Å²) in [5.41, 5.74) is 5.79. The van der Waals surface area contributed by atoms with Crippen LogP contribution < -0.4 is 10.0 Å². The first-order valence-electron chi connectivity index (χ1n) is 10.2. The van der Waals surface area contributed by atoms with Crippen LogP contribution in [0.1, 0.15) is 48.1 Å². The van der Waals surface area contributed by atoms with Gasteiger partial charge in [0.25, 0.3) is 0 Å². The number of rotatable bonds is 8. The van der Waals surface area contributed by atoms with E-state index in [9.17, 15) is 5.11 Å². The zero-order chi connectivity index (χ0) is 20.9. The molecular weight excluding hydrogens is 375 g/mol. The van der Waals surface area contributed by atoms with Crippen LogP contribution >= 0.6 is 8.58 Å². The number of hydrogen-bond donors (Lipinski definition) is 1. The number of aryl methyl sites for hydroxylation is 2. The summed E-state index contributed by atoms with van der Waals surface area (Å²) in [5.74, 6) is 0.992. The standard InChI is InChI=1S/C26H31O2P/c1-5-26(4,29-24-15-14-19(2)16-22(24)17-27)23-13-9-10-20(3)25(23)28-18-21-11-7-6-8-12-21/h6-16,27,29H,5,17-18H2,1-4H3. The Morgan fingerprint density at radius 3 is 2.41 bits per heavy atom. The molecule has 0 amide bonds. The summed E-state index contributed by atoms with van der Waals surface area (Å²) in [5, 5.41) is 11.0. The smallest absolute Gasteiger partial charge is 0.126 e. The van der Waals surface area contributed by atoms with Crippen LogP contribution in [0.2, 0.25) is 0 Å². The van der Waals surface area contributed by atoms with Gasteiger partial charge in [0.2, 0.25) is 0 Å². The Labute approximate surface area is 176 Å². The maximum absolute atomic E-state index is 9.87. The molecule has 0 spiro atoms. The van der Waals surface area contributed by atoms with E-state index in [2.05, 4.69) is 76.2 Å². The molecule has 29 heavy (non-hydrogen) atoms. The molecule has 0 aliphatic rings. The topological polar surface area (TPSA) is 29.5 Å². The van der Waals surface area contributed by atoms with Gasteiger partial charge in [-0.2, -0.15) is 0 Å². The van der Waals surface area contributed by atoms with E-state index >= 15 is 0 Å². The quantitative estimate of drug-likeness (QED) is 0.465. The van der Waals surface area contributed by atoms with Crippen molar-refractivity contribution >= 4 is 13.9 Å². The molecule has 0 saturated heterocycles.